The minimum atomic E-state index is 0.153. The van der Waals surface area contributed by atoms with Crippen molar-refractivity contribution in [1.29, 1.82) is 0 Å². The van der Waals surface area contributed by atoms with Crippen molar-refractivity contribution in [1.82, 2.24) is 10.4 Å². The number of hydrazine groups is 1. The second-order valence-electron chi connectivity index (χ2n) is 3.26. The molecule has 1 N–H and O–H groups in total. The van der Waals surface area contributed by atoms with Crippen LogP contribution in [0.2, 0.25) is 5.02 Å². The maximum absolute atomic E-state index is 11.3. The Balaban J connectivity index is 2.03. The molecule has 0 radical (unpaired) electrons. The van der Waals surface area contributed by atoms with Gasteiger partial charge in [-0.25, -0.2) is 5.43 Å². The fourth-order valence-electron chi connectivity index (χ4n) is 1.44. The van der Waals surface area contributed by atoms with Crippen LogP contribution in [0.5, 0.6) is 0 Å². The monoisotopic (exact) mass is 210 g/mol. The first-order valence-corrected chi connectivity index (χ1v) is 4.92. The van der Waals surface area contributed by atoms with Gasteiger partial charge in [0.05, 0.1) is 6.54 Å². The van der Waals surface area contributed by atoms with E-state index < -0.39 is 0 Å². The number of carbonyl (C=O) groups excluding carboxylic acids is 1. The number of nitrogens with one attached hydrogen (secondary N) is 1. The summed E-state index contributed by atoms with van der Waals surface area (Å²) >= 11 is 5.76. The molecule has 4 heteroatoms. The average Bonchev–Trinajstić information content (AvgIpc) is 2.56. The molecule has 0 aliphatic carbocycles. The van der Waals surface area contributed by atoms with Crippen molar-refractivity contribution in [2.45, 2.75) is 13.0 Å². The molecule has 0 spiro atoms. The van der Waals surface area contributed by atoms with Crippen LogP contribution in [0.25, 0.3) is 0 Å². The highest BCUT2D eigenvalue weighted by Crippen LogP contribution is 2.12. The number of hydrogen-bond donors (Lipinski definition) is 1. The third-order valence-corrected chi connectivity index (χ3v) is 2.45. The average molecular weight is 211 g/mol. The Morgan fingerprint density at radius 1 is 1.36 bits per heavy atom. The van der Waals surface area contributed by atoms with Gasteiger partial charge in [0.25, 0.3) is 0 Å². The van der Waals surface area contributed by atoms with Gasteiger partial charge >= 0.3 is 0 Å². The zero-order chi connectivity index (χ0) is 9.97. The Bertz CT molecular complexity index is 336. The Morgan fingerprint density at radius 3 is 2.64 bits per heavy atom. The first kappa shape index (κ1) is 9.49. The fourth-order valence-corrected chi connectivity index (χ4v) is 1.56. The SMILES string of the molecule is O=C1CCNN1Cc1ccc(Cl)cc1. The molecule has 1 aliphatic heterocycles. The summed E-state index contributed by atoms with van der Waals surface area (Å²) in [6.45, 7) is 1.35. The number of hydrogen-bond acceptors (Lipinski definition) is 2. The molecule has 1 aliphatic rings. The summed E-state index contributed by atoms with van der Waals surface area (Å²) in [5, 5.41) is 2.36. The van der Waals surface area contributed by atoms with Crippen LogP contribution in [0, 0.1) is 0 Å². The molecule has 1 aromatic carbocycles. The first-order chi connectivity index (χ1) is 6.75. The van der Waals surface area contributed by atoms with Crippen molar-refractivity contribution < 1.29 is 4.79 Å². The molecule has 0 aromatic heterocycles. The van der Waals surface area contributed by atoms with Crippen LogP contribution < -0.4 is 5.43 Å². The Hall–Kier alpha value is -1.06. The van der Waals surface area contributed by atoms with Gasteiger partial charge in [-0.3, -0.25) is 9.80 Å². The van der Waals surface area contributed by atoms with Crippen LogP contribution >= 0.6 is 11.6 Å². The van der Waals surface area contributed by atoms with Crippen LogP contribution in [0.3, 0.4) is 0 Å². The van der Waals surface area contributed by atoms with Crippen LogP contribution in [0.1, 0.15) is 12.0 Å². The second kappa shape index (κ2) is 3.98. The molecule has 1 saturated heterocycles. The van der Waals surface area contributed by atoms with Crippen molar-refractivity contribution in [2.75, 3.05) is 6.54 Å². The third kappa shape index (κ3) is 2.05. The van der Waals surface area contributed by atoms with Crippen molar-refractivity contribution >= 4 is 17.5 Å². The van der Waals surface area contributed by atoms with Gasteiger partial charge < -0.3 is 0 Å². The summed E-state index contributed by atoms with van der Waals surface area (Å²) in [6.07, 6.45) is 0.591. The molecule has 0 atom stereocenters. The standard InChI is InChI=1S/C10H11ClN2O/c11-9-3-1-8(2-4-9)7-13-10(14)5-6-12-13/h1-4,12H,5-7H2. The summed E-state index contributed by atoms with van der Waals surface area (Å²) in [7, 11) is 0. The van der Waals surface area contributed by atoms with E-state index in [2.05, 4.69) is 5.43 Å². The van der Waals surface area contributed by atoms with E-state index in [-0.39, 0.29) is 5.91 Å². The molecule has 1 amide bonds. The van der Waals surface area contributed by atoms with Gasteiger partial charge in [-0.2, -0.15) is 0 Å². The number of rotatable bonds is 2. The molecular weight excluding hydrogens is 200 g/mol. The van der Waals surface area contributed by atoms with E-state index >= 15 is 0 Å². The lowest BCUT2D eigenvalue weighted by atomic mass is 10.2. The molecule has 1 aromatic rings. The molecular formula is C10H11ClN2O. The lowest BCUT2D eigenvalue weighted by Gasteiger charge is -2.15. The number of carbonyl (C=O) groups is 1. The topological polar surface area (TPSA) is 32.3 Å². The highest BCUT2D eigenvalue weighted by molar-refractivity contribution is 6.30. The first-order valence-electron chi connectivity index (χ1n) is 4.54. The smallest absolute Gasteiger partial charge is 0.238 e. The predicted octanol–water partition coefficient (Wildman–Crippen LogP) is 1.58. The molecule has 14 heavy (non-hydrogen) atoms. The molecule has 3 nitrogen and oxygen atoms in total. The summed E-state index contributed by atoms with van der Waals surface area (Å²) in [5.41, 5.74) is 4.10. The predicted molar refractivity (Wildman–Crippen MR) is 54.6 cm³/mol. The van der Waals surface area contributed by atoms with E-state index in [4.69, 9.17) is 11.6 Å². The summed E-state index contributed by atoms with van der Waals surface area (Å²) in [6, 6.07) is 7.51. The van der Waals surface area contributed by atoms with Crippen LogP contribution in [-0.4, -0.2) is 17.5 Å². The van der Waals surface area contributed by atoms with Crippen molar-refractivity contribution in [3.05, 3.63) is 34.9 Å². The van der Waals surface area contributed by atoms with Gasteiger partial charge in [0.1, 0.15) is 0 Å². The highest BCUT2D eigenvalue weighted by atomic mass is 35.5. The summed E-state index contributed by atoms with van der Waals surface area (Å²) in [4.78, 5) is 11.3. The van der Waals surface area contributed by atoms with E-state index in [0.29, 0.717) is 13.0 Å². The molecule has 0 bridgehead atoms. The number of halogens is 1. The second-order valence-corrected chi connectivity index (χ2v) is 3.70. The van der Waals surface area contributed by atoms with Crippen LogP contribution in [0.4, 0.5) is 0 Å². The van der Waals surface area contributed by atoms with Crippen LogP contribution in [0.15, 0.2) is 24.3 Å². The van der Waals surface area contributed by atoms with Gasteiger partial charge in [-0.1, -0.05) is 23.7 Å². The van der Waals surface area contributed by atoms with E-state index in [1.54, 1.807) is 5.01 Å². The zero-order valence-corrected chi connectivity index (χ0v) is 8.42. The van der Waals surface area contributed by atoms with Crippen molar-refractivity contribution in [3.8, 4) is 0 Å². The van der Waals surface area contributed by atoms with E-state index in [9.17, 15) is 4.79 Å². The van der Waals surface area contributed by atoms with Gasteiger partial charge in [-0.15, -0.1) is 0 Å². The molecule has 74 valence electrons. The number of benzene rings is 1. The van der Waals surface area contributed by atoms with E-state index in [0.717, 1.165) is 17.1 Å². The number of amides is 1. The van der Waals surface area contributed by atoms with E-state index in [1.807, 2.05) is 24.3 Å². The summed E-state index contributed by atoms with van der Waals surface area (Å²) < 4.78 is 0. The molecule has 0 saturated carbocycles. The van der Waals surface area contributed by atoms with E-state index in [1.165, 1.54) is 0 Å². The van der Waals surface area contributed by atoms with Gasteiger partial charge in [-0.05, 0) is 17.7 Å². The fraction of sp³-hybridized carbons (Fsp3) is 0.300. The van der Waals surface area contributed by atoms with Gasteiger partial charge in [0.2, 0.25) is 5.91 Å². The molecule has 2 rings (SSSR count). The largest absolute Gasteiger partial charge is 0.274 e. The highest BCUT2D eigenvalue weighted by Gasteiger charge is 2.19. The van der Waals surface area contributed by atoms with Crippen molar-refractivity contribution in [2.24, 2.45) is 0 Å². The minimum Gasteiger partial charge on any atom is -0.274 e. The molecule has 1 heterocycles. The third-order valence-electron chi connectivity index (χ3n) is 2.20. The lowest BCUT2D eigenvalue weighted by Crippen LogP contribution is -2.33. The molecule has 1 fully saturated rings. The minimum absolute atomic E-state index is 0.153. The Labute approximate surface area is 87.6 Å². The van der Waals surface area contributed by atoms with Crippen LogP contribution in [-0.2, 0) is 11.3 Å². The Morgan fingerprint density at radius 2 is 2.07 bits per heavy atom. The quantitative estimate of drug-likeness (QED) is 0.804. The molecule has 0 unspecified atom stereocenters. The normalized spacial score (nSPS) is 16.4. The van der Waals surface area contributed by atoms with Gasteiger partial charge in [0, 0.05) is 18.0 Å². The zero-order valence-electron chi connectivity index (χ0n) is 7.66. The maximum atomic E-state index is 11.3. The maximum Gasteiger partial charge on any atom is 0.238 e. The number of nitrogens with zero attached hydrogens (tertiary/aromatic N) is 1. The van der Waals surface area contributed by atoms with Gasteiger partial charge in [0.15, 0.2) is 0 Å². The van der Waals surface area contributed by atoms with Crippen molar-refractivity contribution in [3.63, 3.8) is 0 Å². The lowest BCUT2D eigenvalue weighted by molar-refractivity contribution is -0.130. The summed E-state index contributed by atoms with van der Waals surface area (Å²) in [5.74, 6) is 0.153. The Kier molecular flexibility index (Phi) is 2.70.